The Balaban J connectivity index is 1.46. The van der Waals surface area contributed by atoms with E-state index in [1.165, 1.54) is 12.1 Å². The van der Waals surface area contributed by atoms with E-state index >= 15 is 0 Å². The topological polar surface area (TPSA) is 237 Å². The minimum absolute atomic E-state index is 0.0562. The lowest BCUT2D eigenvalue weighted by Crippen LogP contribution is -2.83. The van der Waals surface area contributed by atoms with Crippen molar-refractivity contribution >= 4 is 41.7 Å². The van der Waals surface area contributed by atoms with Crippen LogP contribution in [0.25, 0.3) is 0 Å². The second-order valence-corrected chi connectivity index (χ2v) is 18.7. The maximum atomic E-state index is 14.6. The molecule has 1 heterocycles. The lowest BCUT2D eigenvalue weighted by Gasteiger charge is -2.69. The van der Waals surface area contributed by atoms with Crippen molar-refractivity contribution < 1.29 is 76.9 Å². The monoisotopic (exact) mass is 939 g/mol. The Morgan fingerprint density at radius 1 is 0.706 bits per heavy atom. The third-order valence-electron chi connectivity index (χ3n) is 14.2. The summed E-state index contributed by atoms with van der Waals surface area (Å²) in [6, 6.07) is 22.9. The van der Waals surface area contributed by atoms with Gasteiger partial charge in [0, 0.05) is 51.5 Å². The van der Waals surface area contributed by atoms with Crippen molar-refractivity contribution in [2.75, 3.05) is 6.61 Å². The molecule has 1 saturated heterocycles. The lowest BCUT2D eigenvalue weighted by molar-refractivity contribution is -0.365. The van der Waals surface area contributed by atoms with Crippen LogP contribution in [0.3, 0.4) is 0 Å². The number of benzene rings is 3. The van der Waals surface area contributed by atoms with Gasteiger partial charge in [0.05, 0.1) is 29.5 Å². The molecule has 68 heavy (non-hydrogen) atoms. The van der Waals surface area contributed by atoms with E-state index in [9.17, 15) is 43.8 Å². The van der Waals surface area contributed by atoms with E-state index < -0.39 is 125 Å². The molecule has 3 aromatic carbocycles. The van der Waals surface area contributed by atoms with Gasteiger partial charge in [-0.25, -0.2) is 9.59 Å². The van der Waals surface area contributed by atoms with Gasteiger partial charge in [0.2, 0.25) is 0 Å². The van der Waals surface area contributed by atoms with E-state index in [0.29, 0.717) is 5.56 Å². The van der Waals surface area contributed by atoms with Gasteiger partial charge >= 0.3 is 35.8 Å². The Kier molecular flexibility index (Phi) is 13.8. The predicted octanol–water partition coefficient (Wildman–Crippen LogP) is 4.67. The van der Waals surface area contributed by atoms with Crippen molar-refractivity contribution in [2.24, 2.45) is 16.7 Å². The minimum atomic E-state index is -2.43. The highest BCUT2D eigenvalue weighted by molar-refractivity contribution is 5.95. The van der Waals surface area contributed by atoms with Crippen LogP contribution in [0.5, 0.6) is 0 Å². The Morgan fingerprint density at radius 2 is 1.26 bits per heavy atom. The van der Waals surface area contributed by atoms with Crippen molar-refractivity contribution in [2.45, 2.75) is 128 Å². The molecule has 0 unspecified atom stereocenters. The summed E-state index contributed by atoms with van der Waals surface area (Å²) in [6.07, 6.45) is -11.8. The molecule has 1 aliphatic heterocycles. The van der Waals surface area contributed by atoms with Crippen LogP contribution in [0.15, 0.2) is 102 Å². The fraction of sp³-hybridized carbons (Fsp3) is 0.471. The van der Waals surface area contributed by atoms with E-state index in [2.05, 4.69) is 5.32 Å². The van der Waals surface area contributed by atoms with Gasteiger partial charge in [-0.05, 0) is 47.9 Å². The van der Waals surface area contributed by atoms with Crippen LogP contribution in [0.2, 0.25) is 0 Å². The standard InChI is InChI=1S/C51H57NO16/c1-27-35(66-47(60)40(57)39(32-18-12-9-13-19-32)52-45(58)33-20-14-10-15-21-33)25-51(61)44(67-46(59)34-22-16-11-17-23-34)42-49(8,36(63-28(2)53)24-37-50(42,26-62-37)68-31(5)56)43(65-30(4)55)41(64-29(3)54)38(27)48(51,6)7/h9-23,35-37,39-44,57,61H,24-26H2,1-8H3,(H,52,58)/t35-,36-,37+,39-,40+,41+,42-,43-,44-,49+,50-,51+/m0/s1. The number of esters is 6. The predicted molar refractivity (Wildman–Crippen MR) is 238 cm³/mol. The van der Waals surface area contributed by atoms with E-state index in [0.717, 1.165) is 27.7 Å². The van der Waals surface area contributed by atoms with Crippen LogP contribution in [0, 0.1) is 16.7 Å². The molecule has 0 radical (unpaired) electrons. The first-order valence-electron chi connectivity index (χ1n) is 22.4. The zero-order valence-corrected chi connectivity index (χ0v) is 39.1. The number of hydrogen-bond donors (Lipinski definition) is 3. The maximum Gasteiger partial charge on any atom is 0.338 e. The Hall–Kier alpha value is -6.43. The number of nitrogens with one attached hydrogen (secondary N) is 1. The van der Waals surface area contributed by atoms with Gasteiger partial charge < -0.3 is 48.7 Å². The highest BCUT2D eigenvalue weighted by atomic mass is 16.6. The Labute approximate surface area is 393 Å². The smallest absolute Gasteiger partial charge is 0.338 e. The molecule has 17 heteroatoms. The quantitative estimate of drug-likeness (QED) is 0.127. The zero-order chi connectivity index (χ0) is 49.5. The summed E-state index contributed by atoms with van der Waals surface area (Å²) in [5, 5.41) is 28.7. The molecular formula is C51H57NO16. The van der Waals surface area contributed by atoms with Gasteiger partial charge in [-0.15, -0.1) is 0 Å². The molecule has 4 aliphatic rings. The average molecular weight is 940 g/mol. The van der Waals surface area contributed by atoms with Crippen LogP contribution in [-0.2, 0) is 57.1 Å². The first kappa shape index (κ1) is 49.5. The number of carbonyl (C=O) groups excluding carboxylic acids is 7. The second-order valence-electron chi connectivity index (χ2n) is 18.7. The van der Waals surface area contributed by atoms with Crippen molar-refractivity contribution in [3.05, 3.63) is 119 Å². The highest BCUT2D eigenvalue weighted by Gasteiger charge is 2.79. The number of amides is 1. The van der Waals surface area contributed by atoms with Crippen LogP contribution >= 0.6 is 0 Å². The van der Waals surface area contributed by atoms with Crippen LogP contribution in [0.4, 0.5) is 0 Å². The molecule has 362 valence electrons. The SMILES string of the molecule is CC(=O)O[C@@H]1C2=C(C)[C@@H](OC(=O)[C@H](O)[C@@H](NC(=O)c3ccccc3)c3ccccc3)C[C@@](O)([C@@H](OC(=O)c3ccccc3)[C@@H]3[C@]4(OC(C)=O)CO[C@@H]4C[C@H](OC(C)=O)[C@@]3(C)[C@H]1OC(C)=O)C2(C)C. The molecule has 3 fully saturated rings. The van der Waals surface area contributed by atoms with Crippen molar-refractivity contribution in [1.29, 1.82) is 0 Å². The molecule has 3 aliphatic carbocycles. The van der Waals surface area contributed by atoms with Gasteiger partial charge in [-0.3, -0.25) is 24.0 Å². The van der Waals surface area contributed by atoms with Crippen LogP contribution in [-0.4, -0.2) is 112 Å². The largest absolute Gasteiger partial charge is 0.462 e. The molecule has 17 nitrogen and oxygen atoms in total. The average Bonchev–Trinajstić information content (AvgIpc) is 3.28. The van der Waals surface area contributed by atoms with E-state index in [1.54, 1.807) is 107 Å². The Bertz CT molecular complexity index is 2480. The number of ether oxygens (including phenoxy) is 7. The summed E-state index contributed by atoms with van der Waals surface area (Å²) in [6.45, 7) is 10.5. The van der Waals surface area contributed by atoms with E-state index in [1.807, 2.05) is 0 Å². The third-order valence-corrected chi connectivity index (χ3v) is 14.2. The maximum absolute atomic E-state index is 14.6. The van der Waals surface area contributed by atoms with Crippen LogP contribution < -0.4 is 5.32 Å². The molecule has 7 rings (SSSR count). The molecule has 0 aromatic heterocycles. The molecule has 2 bridgehead atoms. The number of aliphatic hydroxyl groups excluding tert-OH is 1. The number of aliphatic hydroxyl groups is 2. The number of carbonyl (C=O) groups is 7. The van der Waals surface area contributed by atoms with Crippen molar-refractivity contribution in [1.82, 2.24) is 5.32 Å². The summed E-state index contributed by atoms with van der Waals surface area (Å²) >= 11 is 0. The van der Waals surface area contributed by atoms with Crippen molar-refractivity contribution in [3.8, 4) is 0 Å². The molecule has 12 atom stereocenters. The zero-order valence-electron chi connectivity index (χ0n) is 39.1. The van der Waals surface area contributed by atoms with Crippen LogP contribution in [0.1, 0.15) is 101 Å². The normalized spacial score (nSPS) is 30.9. The fourth-order valence-corrected chi connectivity index (χ4v) is 11.1. The number of fused-ring (bicyclic) bond motifs is 5. The summed E-state index contributed by atoms with van der Waals surface area (Å²) in [4.78, 5) is 96.0. The van der Waals surface area contributed by atoms with E-state index in [4.69, 9.17) is 33.2 Å². The fourth-order valence-electron chi connectivity index (χ4n) is 11.1. The van der Waals surface area contributed by atoms with Gasteiger partial charge in [0.25, 0.3) is 5.91 Å². The molecule has 1 amide bonds. The minimum Gasteiger partial charge on any atom is -0.462 e. The molecule has 3 aromatic rings. The molecule has 0 spiro atoms. The highest BCUT2D eigenvalue weighted by Crippen LogP contribution is 2.66. The summed E-state index contributed by atoms with van der Waals surface area (Å²) in [5.41, 5.74) is -6.86. The first-order chi connectivity index (χ1) is 32.1. The lowest BCUT2D eigenvalue weighted by atomic mass is 9.44. The summed E-state index contributed by atoms with van der Waals surface area (Å²) < 4.78 is 43.6. The van der Waals surface area contributed by atoms with Gasteiger partial charge in [0.1, 0.15) is 30.0 Å². The second kappa shape index (κ2) is 18.9. The van der Waals surface area contributed by atoms with Crippen molar-refractivity contribution in [3.63, 3.8) is 0 Å². The molecule has 2 saturated carbocycles. The van der Waals surface area contributed by atoms with Gasteiger partial charge in [-0.1, -0.05) is 87.5 Å². The Morgan fingerprint density at radius 3 is 1.79 bits per heavy atom. The first-order valence-corrected chi connectivity index (χ1v) is 22.4. The summed E-state index contributed by atoms with van der Waals surface area (Å²) in [5.74, 6) is -7.61. The van der Waals surface area contributed by atoms with Gasteiger partial charge in [-0.2, -0.15) is 0 Å². The van der Waals surface area contributed by atoms with E-state index in [-0.39, 0.29) is 35.3 Å². The summed E-state index contributed by atoms with van der Waals surface area (Å²) in [7, 11) is 0. The number of rotatable bonds is 12. The molecule has 3 N–H and O–H groups in total. The van der Waals surface area contributed by atoms with Gasteiger partial charge in [0.15, 0.2) is 23.9 Å². The number of hydrogen-bond acceptors (Lipinski definition) is 16. The molecular weight excluding hydrogens is 883 g/mol. The third kappa shape index (κ3) is 8.78.